The van der Waals surface area contributed by atoms with Crippen LogP contribution >= 0.6 is 11.3 Å². The molecule has 2 heteroatoms. The molecule has 1 atom stereocenters. The van der Waals surface area contributed by atoms with E-state index in [1.54, 1.807) is 11.3 Å². The highest BCUT2D eigenvalue weighted by Gasteiger charge is 2.06. The normalized spacial score (nSPS) is 12.7. The third kappa shape index (κ3) is 2.11. The van der Waals surface area contributed by atoms with Crippen LogP contribution in [0.3, 0.4) is 0 Å². The van der Waals surface area contributed by atoms with Crippen molar-refractivity contribution in [2.45, 2.75) is 19.9 Å². The summed E-state index contributed by atoms with van der Waals surface area (Å²) in [6.45, 7) is 4.16. The molecule has 0 amide bonds. The van der Waals surface area contributed by atoms with E-state index in [-0.39, 0.29) is 6.04 Å². The maximum absolute atomic E-state index is 5.85. The third-order valence-corrected chi connectivity index (χ3v) is 3.66. The summed E-state index contributed by atoms with van der Waals surface area (Å²) in [7, 11) is 0. The summed E-state index contributed by atoms with van der Waals surface area (Å²) in [5, 5.41) is 2.18. The van der Waals surface area contributed by atoms with Crippen LogP contribution in [-0.2, 0) is 0 Å². The Morgan fingerprint density at radius 1 is 1.27 bits per heavy atom. The van der Waals surface area contributed by atoms with Gasteiger partial charge in [0.25, 0.3) is 0 Å². The highest BCUT2D eigenvalue weighted by Crippen LogP contribution is 2.30. The molecule has 1 heterocycles. The zero-order chi connectivity index (χ0) is 10.8. The van der Waals surface area contributed by atoms with Crippen molar-refractivity contribution in [3.8, 4) is 11.1 Å². The van der Waals surface area contributed by atoms with Gasteiger partial charge in [-0.05, 0) is 42.0 Å². The third-order valence-electron chi connectivity index (χ3n) is 2.52. The van der Waals surface area contributed by atoms with Gasteiger partial charge in [-0.2, -0.15) is 0 Å². The summed E-state index contributed by atoms with van der Waals surface area (Å²) in [5.41, 5.74) is 9.75. The molecule has 78 valence electrons. The molecule has 2 rings (SSSR count). The fourth-order valence-corrected chi connectivity index (χ4v) is 2.50. The average molecular weight is 217 g/mol. The van der Waals surface area contributed by atoms with E-state index in [0.717, 1.165) is 0 Å². The monoisotopic (exact) mass is 217 g/mol. The highest BCUT2D eigenvalue weighted by atomic mass is 32.1. The van der Waals surface area contributed by atoms with Crippen molar-refractivity contribution in [3.63, 3.8) is 0 Å². The molecule has 0 aliphatic rings. The first kappa shape index (κ1) is 10.4. The van der Waals surface area contributed by atoms with Crippen molar-refractivity contribution in [1.82, 2.24) is 0 Å². The van der Waals surface area contributed by atoms with Crippen LogP contribution in [0.5, 0.6) is 0 Å². The Bertz CT molecular complexity index is 457. The SMILES string of the molecule is Cc1ccccc1-c1csc(C(C)N)c1. The fraction of sp³-hybridized carbons (Fsp3) is 0.231. The Labute approximate surface area is 94.6 Å². The number of thiophene rings is 1. The number of hydrogen-bond acceptors (Lipinski definition) is 2. The van der Waals surface area contributed by atoms with E-state index in [0.29, 0.717) is 0 Å². The van der Waals surface area contributed by atoms with Crippen molar-refractivity contribution in [2.75, 3.05) is 0 Å². The van der Waals surface area contributed by atoms with Gasteiger partial charge in [0.1, 0.15) is 0 Å². The van der Waals surface area contributed by atoms with E-state index in [1.165, 1.54) is 21.6 Å². The highest BCUT2D eigenvalue weighted by molar-refractivity contribution is 7.10. The van der Waals surface area contributed by atoms with E-state index in [1.807, 2.05) is 6.92 Å². The Hall–Kier alpha value is -1.12. The first-order valence-corrected chi connectivity index (χ1v) is 5.96. The molecule has 0 aliphatic carbocycles. The van der Waals surface area contributed by atoms with E-state index >= 15 is 0 Å². The van der Waals surface area contributed by atoms with Crippen LogP contribution in [0.15, 0.2) is 35.7 Å². The van der Waals surface area contributed by atoms with Gasteiger partial charge in [-0.3, -0.25) is 0 Å². The summed E-state index contributed by atoms with van der Waals surface area (Å²) in [6, 6.07) is 10.8. The standard InChI is InChI=1S/C13H15NS/c1-9-5-3-4-6-12(9)11-7-13(10(2)14)15-8-11/h3-8,10H,14H2,1-2H3. The molecule has 0 saturated carbocycles. The second kappa shape index (κ2) is 4.17. The number of aryl methyl sites for hydroxylation is 1. The molecule has 0 saturated heterocycles. The zero-order valence-corrected chi connectivity index (χ0v) is 9.84. The van der Waals surface area contributed by atoms with Gasteiger partial charge in [0.2, 0.25) is 0 Å². The van der Waals surface area contributed by atoms with Crippen molar-refractivity contribution in [1.29, 1.82) is 0 Å². The van der Waals surface area contributed by atoms with Crippen molar-refractivity contribution < 1.29 is 0 Å². The van der Waals surface area contributed by atoms with Crippen LogP contribution < -0.4 is 5.73 Å². The van der Waals surface area contributed by atoms with Crippen LogP contribution in [0.25, 0.3) is 11.1 Å². The number of hydrogen-bond donors (Lipinski definition) is 1. The molecule has 2 aromatic rings. The van der Waals surface area contributed by atoms with E-state index in [9.17, 15) is 0 Å². The van der Waals surface area contributed by atoms with Gasteiger partial charge in [-0.25, -0.2) is 0 Å². The number of benzene rings is 1. The lowest BCUT2D eigenvalue weighted by atomic mass is 10.0. The van der Waals surface area contributed by atoms with E-state index in [4.69, 9.17) is 5.73 Å². The topological polar surface area (TPSA) is 26.0 Å². The summed E-state index contributed by atoms with van der Waals surface area (Å²) in [6.07, 6.45) is 0. The van der Waals surface area contributed by atoms with Crippen molar-refractivity contribution in [2.24, 2.45) is 5.73 Å². The molecule has 2 N–H and O–H groups in total. The lowest BCUT2D eigenvalue weighted by Gasteiger charge is -2.02. The first-order valence-electron chi connectivity index (χ1n) is 5.08. The maximum atomic E-state index is 5.85. The van der Waals surface area contributed by atoms with Gasteiger partial charge in [0.15, 0.2) is 0 Å². The fourth-order valence-electron chi connectivity index (χ4n) is 1.63. The molecule has 1 nitrogen and oxygen atoms in total. The molecule has 1 aromatic carbocycles. The lowest BCUT2D eigenvalue weighted by Crippen LogP contribution is -2.01. The van der Waals surface area contributed by atoms with Crippen LogP contribution in [0.1, 0.15) is 23.4 Å². The molecule has 0 radical (unpaired) electrons. The average Bonchev–Trinajstić information content (AvgIpc) is 2.67. The van der Waals surface area contributed by atoms with Crippen molar-refractivity contribution >= 4 is 11.3 Å². The molecule has 0 fully saturated rings. The Morgan fingerprint density at radius 3 is 2.60 bits per heavy atom. The zero-order valence-electron chi connectivity index (χ0n) is 9.03. The van der Waals surface area contributed by atoms with Crippen LogP contribution in [0.4, 0.5) is 0 Å². The number of nitrogens with two attached hydrogens (primary N) is 1. The van der Waals surface area contributed by atoms with Gasteiger partial charge in [-0.15, -0.1) is 11.3 Å². The summed E-state index contributed by atoms with van der Waals surface area (Å²) in [4.78, 5) is 1.24. The second-order valence-electron chi connectivity index (χ2n) is 3.84. The van der Waals surface area contributed by atoms with E-state index < -0.39 is 0 Å². The molecule has 1 unspecified atom stereocenters. The largest absolute Gasteiger partial charge is 0.324 e. The van der Waals surface area contributed by atoms with Crippen LogP contribution in [-0.4, -0.2) is 0 Å². The lowest BCUT2D eigenvalue weighted by molar-refractivity contribution is 0.838. The molecular weight excluding hydrogens is 202 g/mol. The van der Waals surface area contributed by atoms with Gasteiger partial charge >= 0.3 is 0 Å². The number of rotatable bonds is 2. The van der Waals surface area contributed by atoms with Gasteiger partial charge in [-0.1, -0.05) is 24.3 Å². The predicted octanol–water partition coefficient (Wildman–Crippen LogP) is 3.74. The molecule has 15 heavy (non-hydrogen) atoms. The molecule has 0 bridgehead atoms. The van der Waals surface area contributed by atoms with Gasteiger partial charge in [0.05, 0.1) is 0 Å². The van der Waals surface area contributed by atoms with Gasteiger partial charge < -0.3 is 5.73 Å². The minimum Gasteiger partial charge on any atom is -0.324 e. The predicted molar refractivity (Wildman–Crippen MR) is 67.1 cm³/mol. The molecule has 1 aromatic heterocycles. The molecule has 0 aliphatic heterocycles. The minimum absolute atomic E-state index is 0.132. The first-order chi connectivity index (χ1) is 7.18. The maximum Gasteiger partial charge on any atom is 0.0361 e. The van der Waals surface area contributed by atoms with E-state index in [2.05, 4.69) is 42.6 Å². The Balaban J connectivity index is 2.42. The summed E-state index contributed by atoms with van der Waals surface area (Å²) in [5.74, 6) is 0. The minimum atomic E-state index is 0.132. The second-order valence-corrected chi connectivity index (χ2v) is 4.78. The molecular formula is C13H15NS. The van der Waals surface area contributed by atoms with Crippen LogP contribution in [0, 0.1) is 6.92 Å². The Kier molecular flexibility index (Phi) is 2.89. The smallest absolute Gasteiger partial charge is 0.0361 e. The Morgan fingerprint density at radius 2 is 2.00 bits per heavy atom. The quantitative estimate of drug-likeness (QED) is 0.814. The van der Waals surface area contributed by atoms with Crippen LogP contribution in [0.2, 0.25) is 0 Å². The van der Waals surface area contributed by atoms with Crippen molar-refractivity contribution in [3.05, 3.63) is 46.2 Å². The summed E-state index contributed by atoms with van der Waals surface area (Å²) >= 11 is 1.74. The molecule has 0 spiro atoms. The summed E-state index contributed by atoms with van der Waals surface area (Å²) < 4.78 is 0. The van der Waals surface area contributed by atoms with Gasteiger partial charge in [0, 0.05) is 10.9 Å².